The van der Waals surface area contributed by atoms with Crippen LogP contribution in [-0.4, -0.2) is 18.9 Å². The predicted molar refractivity (Wildman–Crippen MR) is 71.7 cm³/mol. The summed E-state index contributed by atoms with van der Waals surface area (Å²) < 4.78 is 14.0. The van der Waals surface area contributed by atoms with Gasteiger partial charge in [0, 0.05) is 18.7 Å². The molecule has 18 heavy (non-hydrogen) atoms. The number of rotatable bonds is 2. The van der Waals surface area contributed by atoms with Crippen LogP contribution in [0.15, 0.2) is 18.2 Å². The van der Waals surface area contributed by atoms with E-state index in [4.69, 9.17) is 0 Å². The summed E-state index contributed by atoms with van der Waals surface area (Å²) in [7, 11) is 0. The molecule has 1 aromatic rings. The average Bonchev–Trinajstić information content (AvgIpc) is 2.29. The zero-order valence-electron chi connectivity index (χ0n) is 10.9. The molecule has 1 heterocycles. The number of hydrogen-bond acceptors (Lipinski definition) is 2. The Morgan fingerprint density at radius 1 is 1.11 bits per heavy atom. The smallest absolute Gasteiger partial charge is 0.161 e. The number of ketones is 1. The Bertz CT molecular complexity index is 423. The Morgan fingerprint density at radius 3 is 2.33 bits per heavy atom. The Balaban J connectivity index is 2.32. The monoisotopic (exact) mass is 249 g/mol. The largest absolute Gasteiger partial charge is 0.369 e. The highest BCUT2D eigenvalue weighted by Crippen LogP contribution is 2.27. The molecule has 0 aromatic heterocycles. The van der Waals surface area contributed by atoms with Crippen molar-refractivity contribution < 1.29 is 9.18 Å². The summed E-state index contributed by atoms with van der Waals surface area (Å²) in [6.07, 6.45) is 5.81. The number of hydrogen-bond donors (Lipinski definition) is 0. The lowest BCUT2D eigenvalue weighted by Crippen LogP contribution is -2.29. The fourth-order valence-corrected chi connectivity index (χ4v) is 2.59. The summed E-state index contributed by atoms with van der Waals surface area (Å²) in [5.74, 6) is -0.338. The SMILES string of the molecule is CC(=O)c1cccc(F)c1N1CCCCCCC1. The summed E-state index contributed by atoms with van der Waals surface area (Å²) in [6, 6.07) is 4.78. The second-order valence-electron chi connectivity index (χ2n) is 4.95. The van der Waals surface area contributed by atoms with E-state index < -0.39 is 0 Å². The minimum Gasteiger partial charge on any atom is -0.369 e. The molecule has 0 radical (unpaired) electrons. The van der Waals surface area contributed by atoms with Gasteiger partial charge in [0.25, 0.3) is 0 Å². The van der Waals surface area contributed by atoms with Gasteiger partial charge >= 0.3 is 0 Å². The van der Waals surface area contributed by atoms with Crippen LogP contribution in [0.4, 0.5) is 10.1 Å². The lowest BCUT2D eigenvalue weighted by atomic mass is 10.0. The maximum Gasteiger partial charge on any atom is 0.161 e. The van der Waals surface area contributed by atoms with Crippen LogP contribution in [0.1, 0.15) is 49.4 Å². The van der Waals surface area contributed by atoms with E-state index in [1.807, 2.05) is 4.90 Å². The van der Waals surface area contributed by atoms with Gasteiger partial charge in [0.05, 0.1) is 5.69 Å². The molecule has 0 atom stereocenters. The fraction of sp³-hybridized carbons (Fsp3) is 0.533. The molecule has 1 aromatic carbocycles. The average molecular weight is 249 g/mol. The van der Waals surface area contributed by atoms with Crippen LogP contribution in [0.25, 0.3) is 0 Å². The molecule has 1 aliphatic rings. The maximum atomic E-state index is 14.0. The highest BCUT2D eigenvalue weighted by atomic mass is 19.1. The van der Waals surface area contributed by atoms with Crippen molar-refractivity contribution >= 4 is 11.5 Å². The van der Waals surface area contributed by atoms with Crippen molar-refractivity contribution in [1.29, 1.82) is 0 Å². The van der Waals surface area contributed by atoms with Crippen LogP contribution in [0, 0.1) is 5.82 Å². The molecule has 0 saturated carbocycles. The van der Waals surface area contributed by atoms with Crippen molar-refractivity contribution in [3.63, 3.8) is 0 Å². The van der Waals surface area contributed by atoms with Gasteiger partial charge in [-0.15, -0.1) is 0 Å². The van der Waals surface area contributed by atoms with Gasteiger partial charge in [-0.25, -0.2) is 4.39 Å². The normalized spacial score (nSPS) is 17.1. The molecule has 1 saturated heterocycles. The quantitative estimate of drug-likeness (QED) is 0.743. The van der Waals surface area contributed by atoms with Gasteiger partial charge < -0.3 is 4.90 Å². The van der Waals surface area contributed by atoms with E-state index in [-0.39, 0.29) is 11.6 Å². The van der Waals surface area contributed by atoms with Crippen molar-refractivity contribution in [2.75, 3.05) is 18.0 Å². The van der Waals surface area contributed by atoms with E-state index in [0.717, 1.165) is 25.9 Å². The predicted octanol–water partition coefficient (Wildman–Crippen LogP) is 3.80. The van der Waals surface area contributed by atoms with Gasteiger partial charge in [-0.3, -0.25) is 4.79 Å². The highest BCUT2D eigenvalue weighted by Gasteiger charge is 2.18. The zero-order chi connectivity index (χ0) is 13.0. The van der Waals surface area contributed by atoms with E-state index in [1.54, 1.807) is 12.1 Å². The Labute approximate surface area is 108 Å². The van der Waals surface area contributed by atoms with Crippen molar-refractivity contribution in [1.82, 2.24) is 0 Å². The van der Waals surface area contributed by atoms with Gasteiger partial charge in [0.1, 0.15) is 5.82 Å². The Kier molecular flexibility index (Phi) is 4.34. The number of Topliss-reactive ketones (excluding diaryl/α,β-unsaturated/α-hetero) is 1. The molecule has 2 nitrogen and oxygen atoms in total. The Morgan fingerprint density at radius 2 is 1.72 bits per heavy atom. The number of para-hydroxylation sites is 1. The standard InChI is InChI=1S/C15H20FNO/c1-12(18)13-8-7-9-14(16)15(13)17-10-5-3-2-4-6-11-17/h7-9H,2-6,10-11H2,1H3. The summed E-state index contributed by atoms with van der Waals surface area (Å²) in [5.41, 5.74) is 1.02. The highest BCUT2D eigenvalue weighted by molar-refractivity contribution is 5.99. The number of benzene rings is 1. The van der Waals surface area contributed by atoms with Crippen LogP contribution < -0.4 is 4.90 Å². The van der Waals surface area contributed by atoms with Gasteiger partial charge in [-0.1, -0.05) is 25.3 Å². The zero-order valence-corrected chi connectivity index (χ0v) is 10.9. The number of nitrogens with zero attached hydrogens (tertiary/aromatic N) is 1. The van der Waals surface area contributed by atoms with Crippen LogP contribution in [0.3, 0.4) is 0 Å². The first kappa shape index (κ1) is 13.1. The van der Waals surface area contributed by atoms with Crippen molar-refractivity contribution in [2.24, 2.45) is 0 Å². The number of halogens is 1. The molecule has 0 unspecified atom stereocenters. The lowest BCUT2D eigenvalue weighted by molar-refractivity contribution is 0.101. The van der Waals surface area contributed by atoms with E-state index in [9.17, 15) is 9.18 Å². The van der Waals surface area contributed by atoms with Crippen molar-refractivity contribution in [3.8, 4) is 0 Å². The minimum absolute atomic E-state index is 0.0634. The second kappa shape index (κ2) is 5.98. The molecule has 1 fully saturated rings. The molecule has 0 aliphatic carbocycles. The number of anilines is 1. The molecule has 0 amide bonds. The number of carbonyl (C=O) groups excluding carboxylic acids is 1. The van der Waals surface area contributed by atoms with E-state index in [1.165, 1.54) is 32.3 Å². The molecule has 1 aliphatic heterocycles. The molecular formula is C15H20FNO. The fourth-order valence-electron chi connectivity index (χ4n) is 2.59. The summed E-state index contributed by atoms with van der Waals surface area (Å²) in [5, 5.41) is 0. The topological polar surface area (TPSA) is 20.3 Å². The Hall–Kier alpha value is -1.38. The van der Waals surface area contributed by atoms with Crippen molar-refractivity contribution in [2.45, 2.75) is 39.0 Å². The molecule has 0 N–H and O–H groups in total. The molecule has 2 rings (SSSR count). The molecule has 3 heteroatoms. The second-order valence-corrected chi connectivity index (χ2v) is 4.95. The first-order valence-corrected chi connectivity index (χ1v) is 6.74. The van der Waals surface area contributed by atoms with Gasteiger partial charge in [0.2, 0.25) is 0 Å². The summed E-state index contributed by atoms with van der Waals surface area (Å²) >= 11 is 0. The third kappa shape index (κ3) is 2.89. The van der Waals surface area contributed by atoms with Crippen molar-refractivity contribution in [3.05, 3.63) is 29.6 Å². The molecule has 98 valence electrons. The summed E-state index contributed by atoms with van der Waals surface area (Å²) in [4.78, 5) is 13.7. The number of carbonyl (C=O) groups is 1. The third-order valence-electron chi connectivity index (χ3n) is 3.54. The minimum atomic E-state index is -0.275. The van der Waals surface area contributed by atoms with Gasteiger partial charge in [-0.2, -0.15) is 0 Å². The molecule has 0 spiro atoms. The first-order chi connectivity index (χ1) is 8.70. The van der Waals surface area contributed by atoms with Crippen LogP contribution in [-0.2, 0) is 0 Å². The van der Waals surface area contributed by atoms with Gasteiger partial charge in [-0.05, 0) is 31.9 Å². The lowest BCUT2D eigenvalue weighted by Gasteiger charge is -2.28. The van der Waals surface area contributed by atoms with E-state index in [0.29, 0.717) is 11.3 Å². The van der Waals surface area contributed by atoms with Crippen LogP contribution in [0.5, 0.6) is 0 Å². The maximum absolute atomic E-state index is 14.0. The van der Waals surface area contributed by atoms with Crippen LogP contribution >= 0.6 is 0 Å². The van der Waals surface area contributed by atoms with E-state index >= 15 is 0 Å². The van der Waals surface area contributed by atoms with Crippen LogP contribution in [0.2, 0.25) is 0 Å². The molecule has 0 bridgehead atoms. The summed E-state index contributed by atoms with van der Waals surface area (Å²) in [6.45, 7) is 3.20. The third-order valence-corrected chi connectivity index (χ3v) is 3.54. The van der Waals surface area contributed by atoms with Gasteiger partial charge in [0.15, 0.2) is 5.78 Å². The molecular weight excluding hydrogens is 229 g/mol. The van der Waals surface area contributed by atoms with E-state index in [2.05, 4.69) is 0 Å². The first-order valence-electron chi connectivity index (χ1n) is 6.74.